The third kappa shape index (κ3) is 3.40. The van der Waals surface area contributed by atoms with E-state index in [1.54, 1.807) is 18.2 Å². The van der Waals surface area contributed by atoms with Crippen molar-refractivity contribution in [3.63, 3.8) is 0 Å². The predicted molar refractivity (Wildman–Crippen MR) is 81.6 cm³/mol. The minimum absolute atomic E-state index is 0.313. The molecule has 0 bridgehead atoms. The number of carbonyl (C=O) groups excluding carboxylic acids is 1. The summed E-state index contributed by atoms with van der Waals surface area (Å²) in [6.07, 6.45) is 1.53. The Kier molecular flexibility index (Phi) is 4.29. The number of hydrogen-bond acceptors (Lipinski definition) is 4. The Balaban J connectivity index is 1.68. The standard InChI is InChI=1S/C16H16FN3O2/c17-13-2-1-3-14(10-13)19-16(21)12-4-5-15(18-11-12)20-6-8-22-9-7-20/h1-5,10-11H,6-9H2,(H,19,21). The molecule has 1 saturated heterocycles. The second-order valence-electron chi connectivity index (χ2n) is 4.97. The number of halogens is 1. The number of morpholine rings is 1. The van der Waals surface area contributed by atoms with Gasteiger partial charge in [0.05, 0.1) is 18.8 Å². The molecule has 0 atom stereocenters. The quantitative estimate of drug-likeness (QED) is 0.945. The van der Waals surface area contributed by atoms with E-state index in [1.807, 2.05) is 6.07 Å². The van der Waals surface area contributed by atoms with Crippen LogP contribution in [0.5, 0.6) is 0 Å². The van der Waals surface area contributed by atoms with Crippen LogP contribution in [0.3, 0.4) is 0 Å². The first-order chi connectivity index (χ1) is 10.7. The van der Waals surface area contributed by atoms with Crippen LogP contribution in [0.2, 0.25) is 0 Å². The smallest absolute Gasteiger partial charge is 0.257 e. The third-order valence-corrected chi connectivity index (χ3v) is 3.43. The number of rotatable bonds is 3. The summed E-state index contributed by atoms with van der Waals surface area (Å²) >= 11 is 0. The van der Waals surface area contributed by atoms with E-state index >= 15 is 0 Å². The van der Waals surface area contributed by atoms with E-state index in [1.165, 1.54) is 18.3 Å². The second-order valence-corrected chi connectivity index (χ2v) is 4.97. The van der Waals surface area contributed by atoms with E-state index in [2.05, 4.69) is 15.2 Å². The monoisotopic (exact) mass is 301 g/mol. The van der Waals surface area contributed by atoms with Gasteiger partial charge in [-0.15, -0.1) is 0 Å². The largest absolute Gasteiger partial charge is 0.378 e. The molecule has 1 amide bonds. The van der Waals surface area contributed by atoms with Crippen LogP contribution < -0.4 is 10.2 Å². The number of nitrogens with one attached hydrogen (secondary N) is 1. The molecule has 0 spiro atoms. The lowest BCUT2D eigenvalue weighted by molar-refractivity contribution is 0.102. The number of pyridine rings is 1. The summed E-state index contributed by atoms with van der Waals surface area (Å²) in [6.45, 7) is 2.96. The molecule has 0 saturated carbocycles. The normalized spacial score (nSPS) is 14.7. The number of amides is 1. The average molecular weight is 301 g/mol. The minimum Gasteiger partial charge on any atom is -0.378 e. The van der Waals surface area contributed by atoms with Crippen molar-refractivity contribution >= 4 is 17.4 Å². The van der Waals surface area contributed by atoms with Gasteiger partial charge in [0, 0.05) is 25.0 Å². The van der Waals surface area contributed by atoms with Gasteiger partial charge in [-0.3, -0.25) is 4.79 Å². The number of anilines is 2. The fraction of sp³-hybridized carbons (Fsp3) is 0.250. The van der Waals surface area contributed by atoms with Crippen LogP contribution in [0.25, 0.3) is 0 Å². The summed E-state index contributed by atoms with van der Waals surface area (Å²) in [7, 11) is 0. The van der Waals surface area contributed by atoms with Gasteiger partial charge in [0.2, 0.25) is 0 Å². The molecule has 0 unspecified atom stereocenters. The van der Waals surface area contributed by atoms with Crippen LogP contribution in [0.1, 0.15) is 10.4 Å². The molecule has 3 rings (SSSR count). The summed E-state index contributed by atoms with van der Waals surface area (Å²) in [5.74, 6) is 0.121. The fourth-order valence-corrected chi connectivity index (χ4v) is 2.27. The molecule has 5 nitrogen and oxygen atoms in total. The molecule has 1 N–H and O–H groups in total. The van der Waals surface area contributed by atoms with Crippen molar-refractivity contribution < 1.29 is 13.9 Å². The minimum atomic E-state index is -0.390. The molecule has 1 aliphatic rings. The zero-order valence-electron chi connectivity index (χ0n) is 12.0. The summed E-state index contributed by atoms with van der Waals surface area (Å²) in [4.78, 5) is 18.5. The molecule has 1 aromatic carbocycles. The number of aromatic nitrogens is 1. The summed E-state index contributed by atoms with van der Waals surface area (Å²) in [5.41, 5.74) is 0.850. The maximum Gasteiger partial charge on any atom is 0.257 e. The van der Waals surface area contributed by atoms with E-state index in [-0.39, 0.29) is 5.91 Å². The Morgan fingerprint density at radius 3 is 2.73 bits per heavy atom. The highest BCUT2D eigenvalue weighted by atomic mass is 19.1. The Morgan fingerprint density at radius 1 is 1.23 bits per heavy atom. The summed E-state index contributed by atoms with van der Waals surface area (Å²) < 4.78 is 18.4. The zero-order chi connectivity index (χ0) is 15.4. The zero-order valence-corrected chi connectivity index (χ0v) is 12.0. The van der Waals surface area contributed by atoms with Crippen molar-refractivity contribution in [2.75, 3.05) is 36.5 Å². The van der Waals surface area contributed by atoms with Crippen LogP contribution >= 0.6 is 0 Å². The van der Waals surface area contributed by atoms with Crippen molar-refractivity contribution in [1.82, 2.24) is 4.98 Å². The Labute approximate surface area is 127 Å². The molecule has 1 aromatic heterocycles. The molecule has 1 fully saturated rings. The van der Waals surface area contributed by atoms with Crippen molar-refractivity contribution in [3.05, 3.63) is 54.0 Å². The average Bonchev–Trinajstić information content (AvgIpc) is 2.56. The van der Waals surface area contributed by atoms with Crippen LogP contribution in [-0.4, -0.2) is 37.2 Å². The van der Waals surface area contributed by atoms with Gasteiger partial charge in [0.1, 0.15) is 11.6 Å². The lowest BCUT2D eigenvalue weighted by Crippen LogP contribution is -2.36. The van der Waals surface area contributed by atoms with Crippen molar-refractivity contribution in [3.8, 4) is 0 Å². The number of benzene rings is 1. The molecule has 2 heterocycles. The van der Waals surface area contributed by atoms with Crippen molar-refractivity contribution in [2.24, 2.45) is 0 Å². The number of nitrogens with zero attached hydrogens (tertiary/aromatic N) is 2. The highest BCUT2D eigenvalue weighted by Crippen LogP contribution is 2.15. The molecule has 1 aliphatic heterocycles. The van der Waals surface area contributed by atoms with Crippen molar-refractivity contribution in [1.29, 1.82) is 0 Å². The topological polar surface area (TPSA) is 54.5 Å². The van der Waals surface area contributed by atoms with E-state index in [9.17, 15) is 9.18 Å². The van der Waals surface area contributed by atoms with Gasteiger partial charge >= 0.3 is 0 Å². The van der Waals surface area contributed by atoms with Crippen LogP contribution in [0, 0.1) is 5.82 Å². The maximum absolute atomic E-state index is 13.1. The molecular formula is C16H16FN3O2. The van der Waals surface area contributed by atoms with Gasteiger partial charge in [-0.2, -0.15) is 0 Å². The molecular weight excluding hydrogens is 285 g/mol. The Hall–Kier alpha value is -2.47. The van der Waals surface area contributed by atoms with Crippen LogP contribution in [0.15, 0.2) is 42.6 Å². The maximum atomic E-state index is 13.1. The van der Waals surface area contributed by atoms with Crippen LogP contribution in [-0.2, 0) is 4.74 Å². The first-order valence-corrected chi connectivity index (χ1v) is 7.08. The molecule has 0 aliphatic carbocycles. The Morgan fingerprint density at radius 2 is 2.05 bits per heavy atom. The highest BCUT2D eigenvalue weighted by Gasteiger charge is 2.13. The van der Waals surface area contributed by atoms with Crippen LogP contribution in [0.4, 0.5) is 15.9 Å². The fourth-order valence-electron chi connectivity index (χ4n) is 2.27. The molecule has 6 heteroatoms. The van der Waals surface area contributed by atoms with Gasteiger partial charge in [-0.05, 0) is 30.3 Å². The number of carbonyl (C=O) groups is 1. The second kappa shape index (κ2) is 6.53. The first kappa shape index (κ1) is 14.5. The van der Waals surface area contributed by atoms with E-state index in [0.717, 1.165) is 18.9 Å². The third-order valence-electron chi connectivity index (χ3n) is 3.43. The van der Waals surface area contributed by atoms with Gasteiger partial charge in [-0.1, -0.05) is 6.07 Å². The molecule has 0 radical (unpaired) electrons. The van der Waals surface area contributed by atoms with Gasteiger partial charge in [0.25, 0.3) is 5.91 Å². The van der Waals surface area contributed by atoms with Gasteiger partial charge in [-0.25, -0.2) is 9.37 Å². The van der Waals surface area contributed by atoms with Gasteiger partial charge < -0.3 is 15.0 Å². The SMILES string of the molecule is O=C(Nc1cccc(F)c1)c1ccc(N2CCOCC2)nc1. The van der Waals surface area contributed by atoms with E-state index in [4.69, 9.17) is 4.74 Å². The number of ether oxygens (including phenoxy) is 1. The number of hydrogen-bond donors (Lipinski definition) is 1. The van der Waals surface area contributed by atoms with Gasteiger partial charge in [0.15, 0.2) is 0 Å². The van der Waals surface area contributed by atoms with E-state index in [0.29, 0.717) is 24.5 Å². The lowest BCUT2D eigenvalue weighted by atomic mass is 10.2. The Bertz CT molecular complexity index is 655. The first-order valence-electron chi connectivity index (χ1n) is 7.08. The summed E-state index contributed by atoms with van der Waals surface area (Å²) in [5, 5.41) is 2.65. The highest BCUT2D eigenvalue weighted by molar-refractivity contribution is 6.04. The van der Waals surface area contributed by atoms with E-state index < -0.39 is 5.82 Å². The molecule has 114 valence electrons. The molecule has 22 heavy (non-hydrogen) atoms. The molecule has 2 aromatic rings. The van der Waals surface area contributed by atoms with Crippen molar-refractivity contribution in [2.45, 2.75) is 0 Å². The summed E-state index contributed by atoms with van der Waals surface area (Å²) in [6, 6.07) is 9.31. The predicted octanol–water partition coefficient (Wildman–Crippen LogP) is 2.31. The lowest BCUT2D eigenvalue weighted by Gasteiger charge is -2.27.